The molecule has 1 unspecified atom stereocenters. The van der Waals surface area contributed by atoms with Gasteiger partial charge in [0.05, 0.1) is 0 Å². The molecular weight excluding hydrogens is 186 g/mol. The molecule has 1 radical (unpaired) electrons. The summed E-state index contributed by atoms with van der Waals surface area (Å²) in [6.45, 7) is 4.09. The Hall–Kier alpha value is -1.09. The van der Waals surface area contributed by atoms with Gasteiger partial charge in [-0.3, -0.25) is 5.73 Å². The maximum atomic E-state index is 7.71. The highest BCUT2D eigenvalue weighted by atomic mass is 15.2. The van der Waals surface area contributed by atoms with Gasteiger partial charge in [0.2, 0.25) is 0 Å². The summed E-state index contributed by atoms with van der Waals surface area (Å²) < 4.78 is 0. The molecule has 1 aromatic rings. The van der Waals surface area contributed by atoms with E-state index in [9.17, 15) is 0 Å². The lowest BCUT2D eigenvalue weighted by Gasteiger charge is -2.34. The Bertz CT molecular complexity index is 289. The molecule has 1 N–H and O–H groups in total. The smallest absolute Gasteiger partial charge is 0.128 e. The van der Waals surface area contributed by atoms with Gasteiger partial charge >= 0.3 is 0 Å². The number of hydrogen-bond acceptors (Lipinski definition) is 2. The molecule has 15 heavy (non-hydrogen) atoms. The van der Waals surface area contributed by atoms with E-state index in [2.05, 4.69) is 16.0 Å². The average Bonchev–Trinajstić information content (AvgIpc) is 2.30. The van der Waals surface area contributed by atoms with Gasteiger partial charge in [0.25, 0.3) is 0 Å². The molecule has 0 aromatic carbocycles. The predicted molar refractivity (Wildman–Crippen MR) is 61.7 cm³/mol. The first-order chi connectivity index (χ1) is 7.27. The van der Waals surface area contributed by atoms with E-state index in [0.29, 0.717) is 5.92 Å². The Morgan fingerprint density at radius 1 is 1.40 bits per heavy atom. The third-order valence-corrected chi connectivity index (χ3v) is 3.22. The van der Waals surface area contributed by atoms with Crippen molar-refractivity contribution >= 4 is 5.82 Å². The van der Waals surface area contributed by atoms with E-state index in [0.717, 1.165) is 31.7 Å². The normalized spacial score (nSPS) is 20.3. The van der Waals surface area contributed by atoms with E-state index >= 15 is 0 Å². The number of nitrogens with zero attached hydrogens (tertiary/aromatic N) is 2. The van der Waals surface area contributed by atoms with Crippen molar-refractivity contribution in [2.24, 2.45) is 5.92 Å². The second-order valence-corrected chi connectivity index (χ2v) is 4.30. The van der Waals surface area contributed by atoms with Crippen molar-refractivity contribution in [3.63, 3.8) is 0 Å². The van der Waals surface area contributed by atoms with E-state index in [-0.39, 0.29) is 6.04 Å². The lowest BCUT2D eigenvalue weighted by molar-refractivity contribution is 0.347. The number of rotatable bonds is 2. The van der Waals surface area contributed by atoms with Crippen LogP contribution < -0.4 is 10.6 Å². The first kappa shape index (κ1) is 10.4. The van der Waals surface area contributed by atoms with Crippen molar-refractivity contribution in [2.75, 3.05) is 18.0 Å². The highest BCUT2D eigenvalue weighted by molar-refractivity contribution is 5.37. The summed E-state index contributed by atoms with van der Waals surface area (Å²) in [5.74, 6) is 1.65. The van der Waals surface area contributed by atoms with Gasteiger partial charge in [-0.2, -0.15) is 0 Å². The van der Waals surface area contributed by atoms with Gasteiger partial charge < -0.3 is 4.90 Å². The zero-order chi connectivity index (χ0) is 10.7. The van der Waals surface area contributed by atoms with Gasteiger partial charge in [-0.1, -0.05) is 6.07 Å². The molecule has 1 aliphatic heterocycles. The van der Waals surface area contributed by atoms with Crippen LogP contribution >= 0.6 is 0 Å². The Morgan fingerprint density at radius 3 is 2.67 bits per heavy atom. The predicted octanol–water partition coefficient (Wildman–Crippen LogP) is 1.97. The molecule has 3 heteroatoms. The van der Waals surface area contributed by atoms with E-state index in [1.165, 1.54) is 0 Å². The second-order valence-electron chi connectivity index (χ2n) is 4.30. The Kier molecular flexibility index (Phi) is 3.21. The molecule has 1 saturated heterocycles. The fourth-order valence-corrected chi connectivity index (χ4v) is 2.17. The van der Waals surface area contributed by atoms with Crippen LogP contribution in [0.4, 0.5) is 5.82 Å². The Labute approximate surface area is 91.3 Å². The summed E-state index contributed by atoms with van der Waals surface area (Å²) in [6.07, 6.45) is 4.09. The summed E-state index contributed by atoms with van der Waals surface area (Å²) >= 11 is 0. The molecule has 0 amide bonds. The van der Waals surface area contributed by atoms with Gasteiger partial charge in [-0.05, 0) is 37.8 Å². The largest absolute Gasteiger partial charge is 0.357 e. The van der Waals surface area contributed by atoms with Crippen molar-refractivity contribution in [3.05, 3.63) is 24.4 Å². The molecule has 81 valence electrons. The number of piperidine rings is 1. The number of anilines is 1. The maximum Gasteiger partial charge on any atom is 0.128 e. The van der Waals surface area contributed by atoms with Crippen LogP contribution in [0.3, 0.4) is 0 Å². The molecule has 0 spiro atoms. The van der Waals surface area contributed by atoms with Crippen LogP contribution in [0.15, 0.2) is 24.4 Å². The lowest BCUT2D eigenvalue weighted by atomic mass is 9.91. The van der Waals surface area contributed by atoms with E-state index < -0.39 is 0 Å². The molecule has 1 fully saturated rings. The summed E-state index contributed by atoms with van der Waals surface area (Å²) in [5.41, 5.74) is 7.71. The second kappa shape index (κ2) is 4.62. The van der Waals surface area contributed by atoms with Crippen LogP contribution in [0.25, 0.3) is 0 Å². The standard InChI is InChI=1S/C12H18N3/c1-10(13)11-5-8-15(9-6-11)12-4-2-3-7-14-12/h2-4,7,10-11,13H,5-6,8-9H2,1H3. The number of aromatic nitrogens is 1. The summed E-state index contributed by atoms with van der Waals surface area (Å²) in [5, 5.41) is 0. The fourth-order valence-electron chi connectivity index (χ4n) is 2.17. The highest BCUT2D eigenvalue weighted by Gasteiger charge is 2.22. The minimum absolute atomic E-state index is 0.0795. The van der Waals surface area contributed by atoms with Crippen molar-refractivity contribution < 1.29 is 0 Å². The van der Waals surface area contributed by atoms with Crippen LogP contribution in [0.1, 0.15) is 19.8 Å². The topological polar surface area (TPSA) is 39.9 Å². The first-order valence-electron chi connectivity index (χ1n) is 5.64. The highest BCUT2D eigenvalue weighted by Crippen LogP contribution is 2.23. The molecule has 2 heterocycles. The Morgan fingerprint density at radius 2 is 2.13 bits per heavy atom. The zero-order valence-electron chi connectivity index (χ0n) is 9.19. The van der Waals surface area contributed by atoms with Crippen molar-refractivity contribution in [1.82, 2.24) is 10.7 Å². The van der Waals surface area contributed by atoms with Gasteiger partial charge in [0.15, 0.2) is 0 Å². The molecule has 0 saturated carbocycles. The number of hydrogen-bond donors (Lipinski definition) is 0. The van der Waals surface area contributed by atoms with Crippen LogP contribution in [0, 0.1) is 5.92 Å². The SMILES string of the molecule is CC([NH])C1CCN(c2ccccn2)CC1. The number of nitrogens with one attached hydrogen (secondary N) is 1. The zero-order valence-corrected chi connectivity index (χ0v) is 9.19. The van der Waals surface area contributed by atoms with Crippen molar-refractivity contribution in [1.29, 1.82) is 0 Å². The first-order valence-corrected chi connectivity index (χ1v) is 5.64. The van der Waals surface area contributed by atoms with Gasteiger partial charge in [-0.15, -0.1) is 0 Å². The van der Waals surface area contributed by atoms with Crippen LogP contribution in [0.5, 0.6) is 0 Å². The third-order valence-electron chi connectivity index (χ3n) is 3.22. The number of pyridine rings is 1. The average molecular weight is 204 g/mol. The van der Waals surface area contributed by atoms with Crippen molar-refractivity contribution in [2.45, 2.75) is 25.8 Å². The quantitative estimate of drug-likeness (QED) is 0.739. The fraction of sp³-hybridized carbons (Fsp3) is 0.583. The third kappa shape index (κ3) is 2.48. The monoisotopic (exact) mass is 204 g/mol. The van der Waals surface area contributed by atoms with Crippen molar-refractivity contribution in [3.8, 4) is 0 Å². The molecule has 2 rings (SSSR count). The van der Waals surface area contributed by atoms with Gasteiger partial charge in [0, 0.05) is 25.3 Å². The van der Waals surface area contributed by atoms with Crippen LogP contribution in [-0.2, 0) is 0 Å². The molecule has 1 aliphatic rings. The summed E-state index contributed by atoms with van der Waals surface area (Å²) in [7, 11) is 0. The van der Waals surface area contributed by atoms with Gasteiger partial charge in [0.1, 0.15) is 5.82 Å². The van der Waals surface area contributed by atoms with Crippen LogP contribution in [-0.4, -0.2) is 24.1 Å². The molecule has 1 aromatic heterocycles. The van der Waals surface area contributed by atoms with E-state index in [4.69, 9.17) is 5.73 Å². The molecule has 0 aliphatic carbocycles. The molecule has 1 atom stereocenters. The molecule has 0 bridgehead atoms. The minimum Gasteiger partial charge on any atom is -0.357 e. The lowest BCUT2D eigenvalue weighted by Crippen LogP contribution is -2.37. The van der Waals surface area contributed by atoms with E-state index in [1.807, 2.05) is 25.3 Å². The Balaban J connectivity index is 1.94. The van der Waals surface area contributed by atoms with Crippen LogP contribution in [0.2, 0.25) is 0 Å². The molecular formula is C12H18N3. The summed E-state index contributed by atoms with van der Waals surface area (Å²) in [4.78, 5) is 6.67. The maximum absolute atomic E-state index is 7.71. The van der Waals surface area contributed by atoms with E-state index in [1.54, 1.807) is 0 Å². The summed E-state index contributed by atoms with van der Waals surface area (Å²) in [6, 6.07) is 6.12. The molecule has 3 nitrogen and oxygen atoms in total. The minimum atomic E-state index is 0.0795. The van der Waals surface area contributed by atoms with Gasteiger partial charge in [-0.25, -0.2) is 4.98 Å².